The van der Waals surface area contributed by atoms with Gasteiger partial charge in [-0.1, -0.05) is 0 Å². The van der Waals surface area contributed by atoms with Crippen molar-refractivity contribution in [3.8, 4) is 5.88 Å². The Morgan fingerprint density at radius 2 is 2.12 bits per heavy atom. The smallest absolute Gasteiger partial charge is 0.218 e. The number of nitrogens with zero attached hydrogens (tertiary/aromatic N) is 4. The van der Waals surface area contributed by atoms with Gasteiger partial charge in [-0.2, -0.15) is 0 Å². The van der Waals surface area contributed by atoms with Crippen molar-refractivity contribution in [2.45, 2.75) is 31.2 Å². The molecule has 2 aromatic heterocycles. The van der Waals surface area contributed by atoms with Crippen LogP contribution in [0, 0.1) is 0 Å². The van der Waals surface area contributed by atoms with Gasteiger partial charge in [0.2, 0.25) is 5.88 Å². The van der Waals surface area contributed by atoms with Crippen molar-refractivity contribution >= 4 is 5.82 Å². The average molecular weight is 342 g/mol. The number of methoxy groups -OCH3 is 1. The number of aromatic nitrogens is 3. The maximum atomic E-state index is 6.11. The van der Waals surface area contributed by atoms with Gasteiger partial charge in [-0.15, -0.1) is 0 Å². The number of anilines is 1. The van der Waals surface area contributed by atoms with E-state index in [2.05, 4.69) is 19.9 Å². The third kappa shape index (κ3) is 3.57. The third-order valence-corrected chi connectivity index (χ3v) is 4.80. The molecule has 0 aromatic carbocycles. The lowest BCUT2D eigenvalue weighted by molar-refractivity contribution is -0.148. The average Bonchev–Trinajstić information content (AvgIpc) is 2.65. The molecule has 132 valence electrons. The van der Waals surface area contributed by atoms with E-state index in [1.54, 1.807) is 19.5 Å². The molecule has 0 aliphatic carbocycles. The maximum Gasteiger partial charge on any atom is 0.218 e. The molecule has 0 N–H and O–H groups in total. The van der Waals surface area contributed by atoms with Crippen molar-refractivity contribution < 1.29 is 14.2 Å². The lowest BCUT2D eigenvalue weighted by Gasteiger charge is -2.53. The van der Waals surface area contributed by atoms with E-state index in [9.17, 15) is 0 Å². The summed E-state index contributed by atoms with van der Waals surface area (Å²) in [6.45, 7) is 3.00. The van der Waals surface area contributed by atoms with Crippen LogP contribution in [0.4, 0.5) is 5.82 Å². The Hall–Kier alpha value is -2.25. The summed E-state index contributed by atoms with van der Waals surface area (Å²) >= 11 is 0. The minimum atomic E-state index is -0.126. The lowest BCUT2D eigenvalue weighted by Crippen LogP contribution is -2.66. The second-order valence-corrected chi connectivity index (χ2v) is 6.59. The standard InChI is InChI=1S/C18H22N4O3/c1-23-17-8-16(20-13-21-17)22-11-18(12-22)9-15(4-7-25-18)24-10-14-2-5-19-6-3-14/h2-3,5-6,8,13,15H,4,7,9-12H2,1H3/t15-/m1/s1. The van der Waals surface area contributed by atoms with Crippen LogP contribution in [0.2, 0.25) is 0 Å². The Labute approximate surface area is 147 Å². The van der Waals surface area contributed by atoms with Crippen molar-refractivity contribution in [1.82, 2.24) is 15.0 Å². The molecule has 0 amide bonds. The molecule has 2 saturated heterocycles. The van der Waals surface area contributed by atoms with Gasteiger partial charge in [-0.25, -0.2) is 9.97 Å². The quantitative estimate of drug-likeness (QED) is 0.821. The van der Waals surface area contributed by atoms with E-state index in [0.717, 1.165) is 43.9 Å². The third-order valence-electron chi connectivity index (χ3n) is 4.80. The summed E-state index contributed by atoms with van der Waals surface area (Å²) in [6.07, 6.45) is 7.20. The van der Waals surface area contributed by atoms with Gasteiger partial charge >= 0.3 is 0 Å². The topological polar surface area (TPSA) is 69.6 Å². The molecule has 0 radical (unpaired) electrons. The number of hydrogen-bond acceptors (Lipinski definition) is 7. The zero-order valence-corrected chi connectivity index (χ0v) is 14.3. The maximum absolute atomic E-state index is 6.11. The Morgan fingerprint density at radius 3 is 2.92 bits per heavy atom. The van der Waals surface area contributed by atoms with Gasteiger partial charge in [0.1, 0.15) is 17.7 Å². The molecule has 7 nitrogen and oxygen atoms in total. The van der Waals surface area contributed by atoms with Crippen LogP contribution in [-0.2, 0) is 16.1 Å². The summed E-state index contributed by atoms with van der Waals surface area (Å²) in [7, 11) is 1.61. The van der Waals surface area contributed by atoms with Crippen LogP contribution < -0.4 is 9.64 Å². The molecule has 0 unspecified atom stereocenters. The van der Waals surface area contributed by atoms with E-state index >= 15 is 0 Å². The summed E-state index contributed by atoms with van der Waals surface area (Å²) in [6, 6.07) is 5.83. The summed E-state index contributed by atoms with van der Waals surface area (Å²) in [5, 5.41) is 0. The van der Waals surface area contributed by atoms with Crippen molar-refractivity contribution in [3.05, 3.63) is 42.5 Å². The first kappa shape index (κ1) is 16.2. The molecule has 7 heteroatoms. The molecular weight excluding hydrogens is 320 g/mol. The van der Waals surface area contributed by atoms with Gasteiger partial charge in [-0.05, 0) is 24.1 Å². The van der Waals surface area contributed by atoms with Crippen molar-refractivity contribution in [1.29, 1.82) is 0 Å². The molecule has 2 fully saturated rings. The second-order valence-electron chi connectivity index (χ2n) is 6.59. The van der Waals surface area contributed by atoms with Crippen LogP contribution in [0.25, 0.3) is 0 Å². The number of hydrogen-bond donors (Lipinski definition) is 0. The predicted octanol–water partition coefficient (Wildman–Crippen LogP) is 1.83. The molecule has 4 rings (SSSR count). The van der Waals surface area contributed by atoms with Crippen LogP contribution in [-0.4, -0.2) is 53.5 Å². The van der Waals surface area contributed by atoms with E-state index in [4.69, 9.17) is 14.2 Å². The normalized spacial score (nSPS) is 21.8. The number of pyridine rings is 1. The highest BCUT2D eigenvalue weighted by molar-refractivity contribution is 5.45. The zero-order chi connectivity index (χ0) is 17.1. The SMILES string of the molecule is COc1cc(N2CC3(C[C@H](OCc4ccncc4)CCO3)C2)ncn1. The molecule has 2 aliphatic heterocycles. The van der Waals surface area contributed by atoms with Gasteiger partial charge in [0.25, 0.3) is 0 Å². The molecule has 2 aromatic rings. The van der Waals surface area contributed by atoms with Gasteiger partial charge in [0.05, 0.1) is 32.9 Å². The van der Waals surface area contributed by atoms with E-state index in [1.165, 1.54) is 6.33 Å². The molecule has 25 heavy (non-hydrogen) atoms. The van der Waals surface area contributed by atoms with Crippen LogP contribution in [0.1, 0.15) is 18.4 Å². The van der Waals surface area contributed by atoms with Gasteiger partial charge in [0, 0.05) is 31.5 Å². The summed E-state index contributed by atoms with van der Waals surface area (Å²) in [5.74, 6) is 1.45. The first-order chi connectivity index (χ1) is 12.3. The zero-order valence-electron chi connectivity index (χ0n) is 14.3. The Bertz CT molecular complexity index is 706. The highest BCUT2D eigenvalue weighted by Gasteiger charge is 2.48. The minimum Gasteiger partial charge on any atom is -0.481 e. The Balaban J connectivity index is 1.33. The largest absolute Gasteiger partial charge is 0.481 e. The van der Waals surface area contributed by atoms with Gasteiger partial charge in [0.15, 0.2) is 0 Å². The highest BCUT2D eigenvalue weighted by atomic mass is 16.5. The first-order valence-electron chi connectivity index (χ1n) is 8.52. The molecular formula is C18H22N4O3. The fraction of sp³-hybridized carbons (Fsp3) is 0.500. The van der Waals surface area contributed by atoms with E-state index in [1.807, 2.05) is 18.2 Å². The number of ether oxygens (including phenoxy) is 3. The fourth-order valence-corrected chi connectivity index (χ4v) is 3.46. The fourth-order valence-electron chi connectivity index (χ4n) is 3.46. The molecule has 1 spiro atoms. The molecule has 4 heterocycles. The van der Waals surface area contributed by atoms with Gasteiger partial charge in [-0.3, -0.25) is 4.98 Å². The Kier molecular flexibility index (Phi) is 4.50. The van der Waals surface area contributed by atoms with E-state index in [0.29, 0.717) is 12.5 Å². The molecule has 2 aliphatic rings. The highest BCUT2D eigenvalue weighted by Crippen LogP contribution is 2.37. The minimum absolute atomic E-state index is 0.126. The first-order valence-corrected chi connectivity index (χ1v) is 8.52. The van der Waals surface area contributed by atoms with Crippen LogP contribution in [0.5, 0.6) is 5.88 Å². The number of rotatable bonds is 5. The molecule has 0 saturated carbocycles. The Morgan fingerprint density at radius 1 is 1.28 bits per heavy atom. The van der Waals surface area contributed by atoms with Crippen LogP contribution >= 0.6 is 0 Å². The summed E-state index contributed by atoms with van der Waals surface area (Å²) in [4.78, 5) is 14.6. The molecule has 0 bridgehead atoms. The van der Waals surface area contributed by atoms with E-state index in [-0.39, 0.29) is 11.7 Å². The predicted molar refractivity (Wildman–Crippen MR) is 91.5 cm³/mol. The van der Waals surface area contributed by atoms with Crippen LogP contribution in [0.15, 0.2) is 36.9 Å². The van der Waals surface area contributed by atoms with Crippen molar-refractivity contribution in [3.63, 3.8) is 0 Å². The van der Waals surface area contributed by atoms with E-state index < -0.39 is 0 Å². The molecule has 1 atom stereocenters. The monoisotopic (exact) mass is 342 g/mol. The lowest BCUT2D eigenvalue weighted by atomic mass is 9.84. The van der Waals surface area contributed by atoms with Crippen molar-refractivity contribution in [2.24, 2.45) is 0 Å². The summed E-state index contributed by atoms with van der Waals surface area (Å²) in [5.41, 5.74) is 1.03. The summed E-state index contributed by atoms with van der Waals surface area (Å²) < 4.78 is 17.4. The van der Waals surface area contributed by atoms with Crippen LogP contribution in [0.3, 0.4) is 0 Å². The van der Waals surface area contributed by atoms with Gasteiger partial charge < -0.3 is 19.1 Å². The second kappa shape index (κ2) is 6.93. The van der Waals surface area contributed by atoms with Crippen molar-refractivity contribution in [2.75, 3.05) is 31.7 Å².